The maximum absolute atomic E-state index is 14.8. The molecule has 0 unspecified atom stereocenters. The van der Waals surface area contributed by atoms with Gasteiger partial charge in [-0.1, -0.05) is 0 Å². The van der Waals surface area contributed by atoms with E-state index in [1.807, 2.05) is 27.7 Å². The molecule has 3 heterocycles. The number of fused-ring (bicyclic) bond motifs is 2. The van der Waals surface area contributed by atoms with Crippen LogP contribution in [0, 0.1) is 5.82 Å². The van der Waals surface area contributed by atoms with E-state index in [1.165, 1.54) is 6.33 Å². The number of H-pyrrole nitrogens is 1. The topological polar surface area (TPSA) is 80.3 Å². The van der Waals surface area contributed by atoms with Crippen LogP contribution < -0.4 is 4.74 Å². The number of nitrogens with zero attached hydrogens (tertiary/aromatic N) is 3. The smallest absolute Gasteiger partial charge is 0.410 e. The molecular weight excluding hydrogens is 375 g/mol. The van der Waals surface area contributed by atoms with Crippen molar-refractivity contribution < 1.29 is 18.7 Å². The number of carbonyl (C=O) groups is 1. The second kappa shape index (κ2) is 7.02. The first-order valence-corrected chi connectivity index (χ1v) is 9.49. The molecule has 29 heavy (non-hydrogen) atoms. The van der Waals surface area contributed by atoms with Crippen LogP contribution in [-0.4, -0.2) is 37.6 Å². The Labute approximate surface area is 167 Å². The van der Waals surface area contributed by atoms with Crippen LogP contribution in [0.3, 0.4) is 0 Å². The maximum atomic E-state index is 14.8. The third kappa shape index (κ3) is 3.74. The van der Waals surface area contributed by atoms with Crippen LogP contribution in [0.15, 0.2) is 30.7 Å². The molecular formula is C21H23FN4O3. The van der Waals surface area contributed by atoms with Gasteiger partial charge < -0.3 is 14.5 Å². The van der Waals surface area contributed by atoms with Gasteiger partial charge in [-0.15, -0.1) is 0 Å². The molecule has 0 aliphatic carbocycles. The molecule has 152 valence electrons. The maximum Gasteiger partial charge on any atom is 0.410 e. The lowest BCUT2D eigenvalue weighted by Crippen LogP contribution is -2.45. The van der Waals surface area contributed by atoms with Gasteiger partial charge in [0.25, 0.3) is 0 Å². The normalized spacial score (nSPS) is 16.6. The van der Waals surface area contributed by atoms with Crippen LogP contribution in [0.4, 0.5) is 9.18 Å². The Bertz CT molecular complexity index is 1070. The quantitative estimate of drug-likeness (QED) is 0.684. The fourth-order valence-corrected chi connectivity index (χ4v) is 3.41. The lowest BCUT2D eigenvalue weighted by Gasteiger charge is -2.35. The molecule has 3 aromatic rings. The molecule has 1 atom stereocenters. The molecule has 1 aliphatic rings. The summed E-state index contributed by atoms with van der Waals surface area (Å²) in [5.74, 6) is -0.0462. The standard InChI is InChI=1S/C21H23FN4O3/c1-12-9-14-16(10-26(12)20(27)29-21(2,3)4)24-11-25-19(14)28-17-6-5-15-13(18(17)22)7-8-23-15/h5-8,11-12,23H,9-10H2,1-4H3/t12-/m1/s1. The first-order chi connectivity index (χ1) is 13.7. The third-order valence-corrected chi connectivity index (χ3v) is 4.81. The minimum Gasteiger partial charge on any atom is -0.444 e. The minimum absolute atomic E-state index is 0.0974. The molecule has 0 fully saturated rings. The van der Waals surface area contributed by atoms with Crippen LogP contribution in [0.25, 0.3) is 10.9 Å². The Balaban J connectivity index is 1.62. The van der Waals surface area contributed by atoms with Crippen LogP contribution in [0.1, 0.15) is 39.0 Å². The highest BCUT2D eigenvalue weighted by Crippen LogP contribution is 2.34. The molecule has 0 saturated heterocycles. The first-order valence-electron chi connectivity index (χ1n) is 9.49. The summed E-state index contributed by atoms with van der Waals surface area (Å²) in [4.78, 5) is 25.7. The van der Waals surface area contributed by atoms with Crippen LogP contribution in [-0.2, 0) is 17.7 Å². The van der Waals surface area contributed by atoms with E-state index >= 15 is 0 Å². The summed E-state index contributed by atoms with van der Waals surface area (Å²) < 4.78 is 26.1. The third-order valence-electron chi connectivity index (χ3n) is 4.81. The van der Waals surface area contributed by atoms with Crippen LogP contribution >= 0.6 is 0 Å². The van der Waals surface area contributed by atoms with Crippen molar-refractivity contribution in [1.82, 2.24) is 19.9 Å². The zero-order valence-corrected chi connectivity index (χ0v) is 16.8. The van der Waals surface area contributed by atoms with Gasteiger partial charge in [0, 0.05) is 28.7 Å². The van der Waals surface area contributed by atoms with Gasteiger partial charge in [0.15, 0.2) is 11.6 Å². The van der Waals surface area contributed by atoms with Gasteiger partial charge in [0.05, 0.1) is 12.2 Å². The zero-order chi connectivity index (χ0) is 20.8. The highest BCUT2D eigenvalue weighted by atomic mass is 19.1. The number of halogens is 1. The summed E-state index contributed by atoms with van der Waals surface area (Å²) in [6.07, 6.45) is 3.14. The Kier molecular flexibility index (Phi) is 4.64. The number of nitrogens with one attached hydrogen (secondary N) is 1. The molecule has 1 aliphatic heterocycles. The molecule has 8 heteroatoms. The van der Waals surface area contributed by atoms with Gasteiger partial charge in [-0.05, 0) is 52.3 Å². The van der Waals surface area contributed by atoms with Gasteiger partial charge >= 0.3 is 6.09 Å². The minimum atomic E-state index is -0.578. The number of carbonyl (C=O) groups excluding carboxylic acids is 1. The van der Waals surface area contributed by atoms with Crippen molar-refractivity contribution in [1.29, 1.82) is 0 Å². The Morgan fingerprint density at radius 1 is 1.28 bits per heavy atom. The first kappa shape index (κ1) is 19.2. The number of aromatic nitrogens is 3. The lowest BCUT2D eigenvalue weighted by molar-refractivity contribution is 0.0133. The van der Waals surface area contributed by atoms with Crippen molar-refractivity contribution in [2.45, 2.75) is 52.3 Å². The van der Waals surface area contributed by atoms with Crippen molar-refractivity contribution in [3.63, 3.8) is 0 Å². The second-order valence-electron chi connectivity index (χ2n) is 8.18. The molecule has 4 rings (SSSR count). The number of aromatic amines is 1. The van der Waals surface area contributed by atoms with Gasteiger partial charge in [0.2, 0.25) is 5.88 Å². The van der Waals surface area contributed by atoms with E-state index in [4.69, 9.17) is 9.47 Å². The van der Waals surface area contributed by atoms with Gasteiger partial charge in [-0.2, -0.15) is 0 Å². The van der Waals surface area contributed by atoms with Crippen molar-refractivity contribution in [2.24, 2.45) is 0 Å². The summed E-state index contributed by atoms with van der Waals surface area (Å²) in [7, 11) is 0. The summed E-state index contributed by atoms with van der Waals surface area (Å²) in [5, 5.41) is 0.454. The van der Waals surface area contributed by atoms with E-state index in [-0.39, 0.29) is 24.4 Å². The molecule has 0 spiro atoms. The molecule has 2 aromatic heterocycles. The van der Waals surface area contributed by atoms with Crippen molar-refractivity contribution >= 4 is 17.0 Å². The number of hydrogen-bond donors (Lipinski definition) is 1. The number of benzene rings is 1. The number of ether oxygens (including phenoxy) is 2. The summed E-state index contributed by atoms with van der Waals surface area (Å²) in [5.41, 5.74) is 1.56. The Morgan fingerprint density at radius 2 is 2.07 bits per heavy atom. The predicted octanol–water partition coefficient (Wildman–Crippen LogP) is 4.57. The SMILES string of the molecule is C[C@@H]1Cc2c(ncnc2Oc2ccc3[nH]ccc3c2F)CN1C(=O)OC(C)(C)C. The monoisotopic (exact) mass is 398 g/mol. The molecule has 1 aromatic carbocycles. The highest BCUT2D eigenvalue weighted by Gasteiger charge is 2.33. The van der Waals surface area contributed by atoms with E-state index in [0.29, 0.717) is 28.9 Å². The summed E-state index contributed by atoms with van der Waals surface area (Å²) >= 11 is 0. The Morgan fingerprint density at radius 3 is 2.83 bits per heavy atom. The molecule has 0 bridgehead atoms. The molecule has 7 nitrogen and oxygen atoms in total. The van der Waals surface area contributed by atoms with Gasteiger partial charge in [0.1, 0.15) is 11.9 Å². The van der Waals surface area contributed by atoms with E-state index < -0.39 is 11.4 Å². The number of amides is 1. The van der Waals surface area contributed by atoms with Crippen LogP contribution in [0.5, 0.6) is 11.6 Å². The molecule has 1 amide bonds. The van der Waals surface area contributed by atoms with Crippen molar-refractivity contribution in [2.75, 3.05) is 0 Å². The number of rotatable bonds is 2. The average molecular weight is 398 g/mol. The van der Waals surface area contributed by atoms with Crippen molar-refractivity contribution in [3.8, 4) is 11.6 Å². The fourth-order valence-electron chi connectivity index (χ4n) is 3.41. The molecule has 0 saturated carbocycles. The highest BCUT2D eigenvalue weighted by molar-refractivity contribution is 5.81. The second-order valence-corrected chi connectivity index (χ2v) is 8.18. The fraction of sp³-hybridized carbons (Fsp3) is 0.381. The van der Waals surface area contributed by atoms with Crippen LogP contribution in [0.2, 0.25) is 0 Å². The van der Waals surface area contributed by atoms with E-state index in [0.717, 1.165) is 5.56 Å². The summed E-state index contributed by atoms with van der Waals surface area (Å²) in [6, 6.07) is 4.85. The van der Waals surface area contributed by atoms with E-state index in [1.54, 1.807) is 29.3 Å². The Hall–Kier alpha value is -3.16. The molecule has 0 radical (unpaired) electrons. The largest absolute Gasteiger partial charge is 0.444 e. The van der Waals surface area contributed by atoms with Crippen molar-refractivity contribution in [3.05, 3.63) is 47.8 Å². The molecule has 1 N–H and O–H groups in total. The predicted molar refractivity (Wildman–Crippen MR) is 105 cm³/mol. The number of hydrogen-bond acceptors (Lipinski definition) is 5. The van der Waals surface area contributed by atoms with E-state index in [9.17, 15) is 9.18 Å². The average Bonchev–Trinajstić information content (AvgIpc) is 3.12. The lowest BCUT2D eigenvalue weighted by atomic mass is 10.00. The van der Waals surface area contributed by atoms with Gasteiger partial charge in [-0.3, -0.25) is 4.90 Å². The van der Waals surface area contributed by atoms with Gasteiger partial charge in [-0.25, -0.2) is 19.2 Å². The zero-order valence-electron chi connectivity index (χ0n) is 16.8. The van der Waals surface area contributed by atoms with E-state index in [2.05, 4.69) is 15.0 Å². The summed E-state index contributed by atoms with van der Waals surface area (Å²) in [6.45, 7) is 7.70.